The number of H-pyrrole nitrogens is 1. The summed E-state index contributed by atoms with van der Waals surface area (Å²) in [6, 6.07) is 22.6. The second-order valence-electron chi connectivity index (χ2n) is 17.3. The number of hydrogen-bond acceptors (Lipinski definition) is 10. The average Bonchev–Trinajstić information content (AvgIpc) is 3.47. The van der Waals surface area contributed by atoms with Gasteiger partial charge in [0.1, 0.15) is 23.6 Å². The standard InChI is InChI=1S/C45H48ClN7O6/c1-44(2)42(45(3,4)43(44)59-32-11-7-29(25-47)35(46)24-32)49-38(55)28-5-8-30(9-6-28)51-17-15-27(16-18-51)26-50-19-21-52(22-20-50)31-10-12-33-34(23-31)41(58)53(40(33)57)36-13-14-37(54)48-39(36)56/h5-14,23-24,27,42-43H,15-22,26H2,1-4H3,(H,49,55)(H2,48,54,56). The molecule has 14 heteroatoms. The molecule has 4 aromatic rings. The van der Waals surface area contributed by atoms with Crippen molar-refractivity contribution in [1.29, 1.82) is 5.26 Å². The summed E-state index contributed by atoms with van der Waals surface area (Å²) < 4.78 is 6.38. The zero-order valence-corrected chi connectivity index (χ0v) is 34.4. The number of anilines is 3. The lowest BCUT2D eigenvalue weighted by molar-refractivity contribution is -0.164. The number of carbonyl (C=O) groups is 3. The number of rotatable bonds is 9. The molecule has 0 bridgehead atoms. The molecule has 2 saturated heterocycles. The van der Waals surface area contributed by atoms with Crippen LogP contribution in [0.25, 0.3) is 0 Å². The molecular weight excluding hydrogens is 770 g/mol. The normalized spacial score (nSPS) is 21.5. The molecule has 0 unspecified atom stereocenters. The van der Waals surface area contributed by atoms with Gasteiger partial charge in [-0.2, -0.15) is 5.26 Å². The minimum atomic E-state index is -0.539. The van der Waals surface area contributed by atoms with E-state index in [4.69, 9.17) is 16.3 Å². The molecule has 1 aromatic heterocycles. The maximum atomic E-state index is 13.5. The van der Waals surface area contributed by atoms with Gasteiger partial charge in [-0.3, -0.25) is 29.1 Å². The predicted octanol–water partition coefficient (Wildman–Crippen LogP) is 6.06. The molecule has 0 spiro atoms. The van der Waals surface area contributed by atoms with Crippen molar-refractivity contribution in [3.63, 3.8) is 0 Å². The second kappa shape index (κ2) is 15.4. The quantitative estimate of drug-likeness (QED) is 0.170. The first-order valence-corrected chi connectivity index (χ1v) is 20.5. The van der Waals surface area contributed by atoms with Gasteiger partial charge in [0.2, 0.25) is 5.88 Å². The Morgan fingerprint density at radius 2 is 1.49 bits per heavy atom. The molecule has 4 aliphatic rings. The molecule has 0 atom stereocenters. The van der Waals surface area contributed by atoms with Crippen LogP contribution in [0.4, 0.5) is 17.1 Å². The number of nitrogens with zero attached hydrogens (tertiary/aromatic N) is 5. The minimum absolute atomic E-state index is 0.0524. The van der Waals surface area contributed by atoms with Crippen LogP contribution in [0, 0.1) is 28.1 Å². The van der Waals surface area contributed by atoms with Crippen LogP contribution < -0.4 is 30.3 Å². The number of fused-ring (bicyclic) bond motifs is 1. The van der Waals surface area contributed by atoms with Gasteiger partial charge in [-0.15, -0.1) is 0 Å². The highest BCUT2D eigenvalue weighted by atomic mass is 35.5. The third-order valence-electron chi connectivity index (χ3n) is 12.8. The molecule has 3 aromatic carbocycles. The molecular formula is C45H48ClN7O6. The maximum absolute atomic E-state index is 13.5. The van der Waals surface area contributed by atoms with Crippen molar-refractivity contribution in [3.05, 3.63) is 110 Å². The first-order valence-electron chi connectivity index (χ1n) is 20.1. The van der Waals surface area contributed by atoms with Crippen LogP contribution >= 0.6 is 11.6 Å². The smallest absolute Gasteiger partial charge is 0.266 e. The third kappa shape index (κ3) is 7.40. The van der Waals surface area contributed by atoms with E-state index in [-0.39, 0.29) is 45.7 Å². The van der Waals surface area contributed by atoms with Crippen molar-refractivity contribution >= 4 is 46.4 Å². The summed E-state index contributed by atoms with van der Waals surface area (Å²) in [6.07, 6.45) is 1.97. The highest BCUT2D eigenvalue weighted by Gasteiger charge is 2.64. The van der Waals surface area contributed by atoms with Crippen LogP contribution in [0.1, 0.15) is 77.2 Å². The molecule has 4 heterocycles. The topological polar surface area (TPSA) is 162 Å². The number of nitriles is 1. The molecule has 13 nitrogen and oxygen atoms in total. The lowest BCUT2D eigenvalue weighted by Gasteiger charge is -2.63. The summed E-state index contributed by atoms with van der Waals surface area (Å²) in [5, 5.41) is 23.1. The number of imide groups is 1. The van der Waals surface area contributed by atoms with Crippen molar-refractivity contribution < 1.29 is 24.2 Å². The molecule has 59 heavy (non-hydrogen) atoms. The molecule has 1 aliphatic carbocycles. The highest BCUT2D eigenvalue weighted by Crippen LogP contribution is 2.55. The molecule has 3 N–H and O–H groups in total. The third-order valence-corrected chi connectivity index (χ3v) is 13.1. The highest BCUT2D eigenvalue weighted by molar-refractivity contribution is 6.35. The van der Waals surface area contributed by atoms with Gasteiger partial charge in [0.05, 0.1) is 21.7 Å². The van der Waals surface area contributed by atoms with Crippen molar-refractivity contribution in [2.24, 2.45) is 16.7 Å². The van der Waals surface area contributed by atoms with Gasteiger partial charge < -0.3 is 25.0 Å². The van der Waals surface area contributed by atoms with E-state index < -0.39 is 23.3 Å². The number of aromatic hydroxyl groups is 1. The summed E-state index contributed by atoms with van der Waals surface area (Å²) in [5.74, 6) is -0.539. The van der Waals surface area contributed by atoms with Gasteiger partial charge in [0.15, 0.2) is 0 Å². The zero-order chi connectivity index (χ0) is 41.8. The number of ether oxygens (including phenoxy) is 1. The molecule has 306 valence electrons. The fourth-order valence-corrected chi connectivity index (χ4v) is 10.1. The summed E-state index contributed by atoms with van der Waals surface area (Å²) in [6.45, 7) is 14.7. The number of aromatic amines is 1. The van der Waals surface area contributed by atoms with Crippen LogP contribution in [0.15, 0.2) is 77.6 Å². The molecule has 3 amide bonds. The fourth-order valence-electron chi connectivity index (χ4n) is 9.84. The van der Waals surface area contributed by atoms with Crippen LogP contribution in [0.2, 0.25) is 5.02 Å². The van der Waals surface area contributed by atoms with Crippen molar-refractivity contribution in [2.75, 3.05) is 60.5 Å². The summed E-state index contributed by atoms with van der Waals surface area (Å²) in [7, 11) is 0. The van der Waals surface area contributed by atoms with Crippen LogP contribution in [0.5, 0.6) is 11.6 Å². The molecule has 1 saturated carbocycles. The van der Waals surface area contributed by atoms with Gasteiger partial charge in [-0.05, 0) is 79.4 Å². The van der Waals surface area contributed by atoms with E-state index in [0.29, 0.717) is 27.8 Å². The van der Waals surface area contributed by atoms with E-state index in [1.165, 1.54) is 12.1 Å². The van der Waals surface area contributed by atoms with Crippen molar-refractivity contribution in [2.45, 2.75) is 52.7 Å². The average molecular weight is 818 g/mol. The van der Waals surface area contributed by atoms with Crippen LogP contribution in [0.3, 0.4) is 0 Å². The monoisotopic (exact) mass is 817 g/mol. The number of hydrogen-bond donors (Lipinski definition) is 3. The fraction of sp³-hybridized carbons (Fsp3) is 0.400. The lowest BCUT2D eigenvalue weighted by Crippen LogP contribution is -2.74. The van der Waals surface area contributed by atoms with Gasteiger partial charge in [-0.1, -0.05) is 39.3 Å². The Balaban J connectivity index is 0.797. The number of pyridine rings is 1. The summed E-state index contributed by atoms with van der Waals surface area (Å²) >= 11 is 6.25. The maximum Gasteiger partial charge on any atom is 0.266 e. The second-order valence-corrected chi connectivity index (χ2v) is 17.7. The Morgan fingerprint density at radius 3 is 2.14 bits per heavy atom. The first-order chi connectivity index (χ1) is 28.1. The number of halogens is 1. The first kappa shape index (κ1) is 40.0. The van der Waals surface area contributed by atoms with E-state index in [2.05, 4.69) is 58.8 Å². The number of aromatic nitrogens is 1. The predicted molar refractivity (Wildman–Crippen MR) is 226 cm³/mol. The number of amides is 3. The number of piperidine rings is 1. The Morgan fingerprint density at radius 1 is 0.847 bits per heavy atom. The minimum Gasteiger partial charge on any atom is -0.493 e. The van der Waals surface area contributed by atoms with Gasteiger partial charge in [0.25, 0.3) is 23.3 Å². The zero-order valence-electron chi connectivity index (χ0n) is 33.6. The summed E-state index contributed by atoms with van der Waals surface area (Å²) in [4.78, 5) is 61.8. The molecule has 3 fully saturated rings. The van der Waals surface area contributed by atoms with E-state index in [1.807, 2.05) is 30.3 Å². The van der Waals surface area contributed by atoms with Crippen molar-refractivity contribution in [3.8, 4) is 17.7 Å². The Bertz CT molecular complexity index is 2390. The van der Waals surface area contributed by atoms with E-state index in [1.54, 1.807) is 30.3 Å². The lowest BCUT2D eigenvalue weighted by atomic mass is 9.49. The Kier molecular flexibility index (Phi) is 10.4. The largest absolute Gasteiger partial charge is 0.493 e. The molecule has 0 radical (unpaired) electrons. The van der Waals surface area contributed by atoms with E-state index in [9.17, 15) is 29.5 Å². The molecule has 3 aliphatic heterocycles. The summed E-state index contributed by atoms with van der Waals surface area (Å²) in [5.41, 5.74) is 2.25. The molecule has 8 rings (SSSR count). The Hall–Kier alpha value is -5.84. The van der Waals surface area contributed by atoms with Crippen molar-refractivity contribution in [1.82, 2.24) is 15.2 Å². The Labute approximate surface area is 348 Å². The number of piperazine rings is 1. The SMILES string of the molecule is CC1(C)C(NC(=O)c2ccc(N3CCC(CN4CCN(c5ccc6c(c5)C(=O)N(c5ccc(=O)[nH]c5O)C6=O)CC4)CC3)cc2)C(C)(C)C1Oc1ccc(C#N)c(Cl)c1. The number of benzene rings is 3. The van der Waals surface area contributed by atoms with Gasteiger partial charge >= 0.3 is 0 Å². The van der Waals surface area contributed by atoms with Gasteiger partial charge in [0, 0.05) is 91.8 Å². The van der Waals surface area contributed by atoms with Crippen LogP contribution in [-0.4, -0.2) is 90.7 Å². The number of nitrogens with one attached hydrogen (secondary N) is 2. The van der Waals surface area contributed by atoms with E-state index in [0.717, 1.165) is 74.9 Å². The van der Waals surface area contributed by atoms with Gasteiger partial charge in [-0.25, -0.2) is 4.90 Å². The van der Waals surface area contributed by atoms with Crippen LogP contribution in [-0.2, 0) is 0 Å². The number of carbonyl (C=O) groups excluding carboxylic acids is 3. The van der Waals surface area contributed by atoms with E-state index >= 15 is 0 Å².